The van der Waals surface area contributed by atoms with Crippen LogP contribution in [0, 0.1) is 6.92 Å². The molecule has 2 N–H and O–H groups in total. The van der Waals surface area contributed by atoms with E-state index in [9.17, 15) is 4.79 Å². The molecule has 1 amide bonds. The minimum Gasteiger partial charge on any atom is -0.362 e. The number of hydrogen-bond acceptors (Lipinski definition) is 5. The molecule has 0 radical (unpaired) electrons. The quantitative estimate of drug-likeness (QED) is 0.797. The van der Waals surface area contributed by atoms with Crippen molar-refractivity contribution in [1.82, 2.24) is 20.4 Å². The molecule has 0 bridgehead atoms. The van der Waals surface area contributed by atoms with Gasteiger partial charge in [-0.2, -0.15) is 15.3 Å². The van der Waals surface area contributed by atoms with Crippen molar-refractivity contribution in [2.24, 2.45) is 17.3 Å². The lowest BCUT2D eigenvalue weighted by atomic mass is 9.62. The highest BCUT2D eigenvalue weighted by Crippen LogP contribution is 2.51. The van der Waals surface area contributed by atoms with Crippen LogP contribution in [0.5, 0.6) is 0 Å². The molecule has 1 unspecified atom stereocenters. The van der Waals surface area contributed by atoms with E-state index in [0.717, 1.165) is 52.2 Å². The topological polar surface area (TPSA) is 83.7 Å². The molecule has 4 heterocycles. The van der Waals surface area contributed by atoms with Gasteiger partial charge in [0.15, 0.2) is 6.17 Å². The number of azo groups is 1. The number of carbonyl (C=O) groups excluding carboxylic acids is 1. The number of aryl methyl sites for hydroxylation is 2. The van der Waals surface area contributed by atoms with Gasteiger partial charge in [-0.05, 0) is 44.9 Å². The summed E-state index contributed by atoms with van der Waals surface area (Å²) in [7, 11) is 1.96. The number of carbonyl (C=O) groups is 1. The van der Waals surface area contributed by atoms with E-state index in [-0.39, 0.29) is 17.6 Å². The summed E-state index contributed by atoms with van der Waals surface area (Å²) in [6.45, 7) is 8.24. The molecule has 0 fully saturated rings. The van der Waals surface area contributed by atoms with Crippen LogP contribution in [0.3, 0.4) is 0 Å². The Hall–Kier alpha value is -3.22. The molecule has 3 aliphatic heterocycles. The molecule has 5 rings (SSSR count). The van der Waals surface area contributed by atoms with E-state index >= 15 is 0 Å². The summed E-state index contributed by atoms with van der Waals surface area (Å²) in [4.78, 5) is 13.5. The molecule has 0 saturated carbocycles. The number of amides is 1. The first-order chi connectivity index (χ1) is 14.7. The van der Waals surface area contributed by atoms with E-state index in [1.165, 1.54) is 0 Å². The van der Waals surface area contributed by atoms with Gasteiger partial charge >= 0.3 is 0 Å². The lowest BCUT2D eigenvalue weighted by Gasteiger charge is -2.48. The maximum atomic E-state index is 13.5. The Labute approximate surface area is 182 Å². The Bertz CT molecular complexity index is 1180. The van der Waals surface area contributed by atoms with Crippen molar-refractivity contribution in [3.63, 3.8) is 0 Å². The maximum absolute atomic E-state index is 13.5. The van der Waals surface area contributed by atoms with E-state index in [0.29, 0.717) is 0 Å². The minimum atomic E-state index is -0.584. The SMILES string of the molecule is CC[C@]1(c2cccc(-c3cc(C)nn3C)c2)C2=CN=NC2NC2=C1C(=O)NC(C)(C)C2. The van der Waals surface area contributed by atoms with Gasteiger partial charge in [-0.15, -0.1) is 0 Å². The minimum absolute atomic E-state index is 0.0198. The largest absolute Gasteiger partial charge is 0.362 e. The Kier molecular flexibility index (Phi) is 4.22. The van der Waals surface area contributed by atoms with Gasteiger partial charge in [-0.3, -0.25) is 9.48 Å². The number of benzene rings is 1. The first-order valence-corrected chi connectivity index (χ1v) is 10.8. The van der Waals surface area contributed by atoms with E-state index in [2.05, 4.69) is 77.1 Å². The second kappa shape index (κ2) is 6.64. The van der Waals surface area contributed by atoms with Crippen LogP contribution in [0.15, 0.2) is 63.6 Å². The van der Waals surface area contributed by atoms with Crippen LogP contribution in [-0.4, -0.2) is 27.4 Å². The molecule has 0 saturated heterocycles. The van der Waals surface area contributed by atoms with Gasteiger partial charge in [0, 0.05) is 35.8 Å². The van der Waals surface area contributed by atoms with Crippen molar-refractivity contribution in [2.75, 3.05) is 0 Å². The van der Waals surface area contributed by atoms with Gasteiger partial charge in [0.05, 0.1) is 28.6 Å². The first kappa shape index (κ1) is 19.7. The highest BCUT2D eigenvalue weighted by atomic mass is 16.2. The highest BCUT2D eigenvalue weighted by molar-refractivity contribution is 6.00. The van der Waals surface area contributed by atoms with Gasteiger partial charge in [-0.25, -0.2) is 0 Å². The van der Waals surface area contributed by atoms with Gasteiger partial charge in [-0.1, -0.05) is 25.1 Å². The molecule has 160 valence electrons. The van der Waals surface area contributed by atoms with Gasteiger partial charge in [0.1, 0.15) is 0 Å². The summed E-state index contributed by atoms with van der Waals surface area (Å²) in [6, 6.07) is 10.6. The second-order valence-electron chi connectivity index (χ2n) is 9.36. The zero-order valence-electron chi connectivity index (χ0n) is 18.7. The number of aromatic nitrogens is 2. The normalized spacial score (nSPS) is 26.2. The van der Waals surface area contributed by atoms with Crippen molar-refractivity contribution in [3.05, 3.63) is 64.6 Å². The Morgan fingerprint density at radius 3 is 2.77 bits per heavy atom. The molecular formula is C24H28N6O. The number of nitrogens with zero attached hydrogens (tertiary/aromatic N) is 4. The molecule has 2 aromatic rings. The maximum Gasteiger partial charge on any atom is 0.250 e. The average molecular weight is 417 g/mol. The Morgan fingerprint density at radius 2 is 2.06 bits per heavy atom. The number of nitrogens with one attached hydrogen (secondary N) is 2. The van der Waals surface area contributed by atoms with Crippen LogP contribution < -0.4 is 10.6 Å². The lowest BCUT2D eigenvalue weighted by Crippen LogP contribution is -2.58. The predicted molar refractivity (Wildman–Crippen MR) is 119 cm³/mol. The molecule has 2 atom stereocenters. The first-order valence-electron chi connectivity index (χ1n) is 10.8. The van der Waals surface area contributed by atoms with Crippen LogP contribution in [0.4, 0.5) is 0 Å². The smallest absolute Gasteiger partial charge is 0.250 e. The third-order valence-electron chi connectivity index (χ3n) is 6.69. The molecule has 0 spiro atoms. The third-order valence-corrected chi connectivity index (χ3v) is 6.69. The summed E-state index contributed by atoms with van der Waals surface area (Å²) in [5.74, 6) is -0.0198. The van der Waals surface area contributed by atoms with Crippen LogP contribution >= 0.6 is 0 Å². The fourth-order valence-corrected chi connectivity index (χ4v) is 5.43. The third kappa shape index (κ3) is 2.86. The molecule has 31 heavy (non-hydrogen) atoms. The molecule has 0 aliphatic carbocycles. The zero-order valence-corrected chi connectivity index (χ0v) is 18.7. The van der Waals surface area contributed by atoms with Crippen LogP contribution in [0.25, 0.3) is 11.3 Å². The molecule has 7 heteroatoms. The summed E-state index contributed by atoms with van der Waals surface area (Å²) in [5.41, 5.74) is 6.09. The fourth-order valence-electron chi connectivity index (χ4n) is 5.43. The van der Waals surface area contributed by atoms with Crippen molar-refractivity contribution in [2.45, 2.75) is 57.7 Å². The molecule has 7 nitrogen and oxygen atoms in total. The van der Waals surface area contributed by atoms with E-state index in [1.807, 2.05) is 24.9 Å². The number of hydrogen-bond donors (Lipinski definition) is 2. The molecule has 1 aromatic carbocycles. The monoisotopic (exact) mass is 416 g/mol. The lowest BCUT2D eigenvalue weighted by molar-refractivity contribution is -0.120. The summed E-state index contributed by atoms with van der Waals surface area (Å²) in [6.07, 6.45) is 3.07. The standard InChI is InChI=1S/C24H28N6O/c1-6-24(16-9-7-8-15(11-16)19-10-14(2)29-30(19)5)17-13-25-28-21(17)26-18-12-23(3,4)27-22(31)20(18)24/h7-11,13,21,26H,6,12H2,1-5H3,(H,27,31)/t21?,24-/m0/s1. The predicted octanol–water partition coefficient (Wildman–Crippen LogP) is 3.87. The van der Waals surface area contributed by atoms with E-state index < -0.39 is 5.41 Å². The zero-order chi connectivity index (χ0) is 22.0. The molecule has 3 aliphatic rings. The van der Waals surface area contributed by atoms with Gasteiger partial charge in [0.25, 0.3) is 5.91 Å². The van der Waals surface area contributed by atoms with Crippen molar-refractivity contribution in [3.8, 4) is 11.3 Å². The van der Waals surface area contributed by atoms with E-state index in [4.69, 9.17) is 0 Å². The summed E-state index contributed by atoms with van der Waals surface area (Å²) >= 11 is 0. The fraction of sp³-hybridized carbons (Fsp3) is 0.417. The summed E-state index contributed by atoms with van der Waals surface area (Å²) in [5, 5.41) is 19.9. The molecular weight excluding hydrogens is 388 g/mol. The van der Waals surface area contributed by atoms with Crippen molar-refractivity contribution in [1.29, 1.82) is 0 Å². The second-order valence-corrected chi connectivity index (χ2v) is 9.36. The van der Waals surface area contributed by atoms with E-state index in [1.54, 1.807) is 0 Å². The Morgan fingerprint density at radius 1 is 1.26 bits per heavy atom. The van der Waals surface area contributed by atoms with Gasteiger partial charge < -0.3 is 10.6 Å². The van der Waals surface area contributed by atoms with Crippen LogP contribution in [0.2, 0.25) is 0 Å². The Balaban J connectivity index is 1.74. The van der Waals surface area contributed by atoms with Crippen LogP contribution in [0.1, 0.15) is 44.9 Å². The number of fused-ring (bicyclic) bond motifs is 1. The van der Waals surface area contributed by atoms with Crippen LogP contribution in [-0.2, 0) is 17.3 Å². The molecule has 1 aromatic heterocycles. The highest BCUT2D eigenvalue weighted by Gasteiger charge is 2.53. The summed E-state index contributed by atoms with van der Waals surface area (Å²) < 4.78 is 1.90. The van der Waals surface area contributed by atoms with Crippen molar-refractivity contribution < 1.29 is 4.79 Å². The van der Waals surface area contributed by atoms with Crippen molar-refractivity contribution >= 4 is 5.91 Å². The van der Waals surface area contributed by atoms with Gasteiger partial charge in [0.2, 0.25) is 0 Å². The average Bonchev–Trinajstić information content (AvgIpc) is 3.31. The number of rotatable bonds is 3.